The van der Waals surface area contributed by atoms with Crippen LogP contribution in [0.15, 0.2) is 24.3 Å². The second-order valence-electron chi connectivity index (χ2n) is 5.13. The number of rotatable bonds is 1. The minimum absolute atomic E-state index is 0.0516. The lowest BCUT2D eigenvalue weighted by Gasteiger charge is -2.36. The molecule has 0 aromatic heterocycles. The molecule has 1 fully saturated rings. The third kappa shape index (κ3) is 3.53. The molecular formula is C14H13F6NO. The molecule has 0 unspecified atom stereocenters. The van der Waals surface area contributed by atoms with E-state index in [-0.39, 0.29) is 18.5 Å². The van der Waals surface area contributed by atoms with Gasteiger partial charge in [0, 0.05) is 12.1 Å². The Labute approximate surface area is 122 Å². The van der Waals surface area contributed by atoms with Crippen LogP contribution in [0, 0.1) is 0 Å². The fraction of sp³-hybridized carbons (Fsp3) is 0.500. The highest BCUT2D eigenvalue weighted by Gasteiger charge is 2.46. The van der Waals surface area contributed by atoms with E-state index >= 15 is 0 Å². The Bertz CT molecular complexity index is 534. The fourth-order valence-electron chi connectivity index (χ4n) is 2.48. The van der Waals surface area contributed by atoms with Gasteiger partial charge in [-0.25, -0.2) is 0 Å². The molecule has 0 saturated carbocycles. The van der Waals surface area contributed by atoms with Crippen LogP contribution in [-0.2, 0) is 6.18 Å². The summed E-state index contributed by atoms with van der Waals surface area (Å²) in [5.41, 5.74) is -1.13. The van der Waals surface area contributed by atoms with Crippen molar-refractivity contribution in [1.82, 2.24) is 4.90 Å². The Hall–Kier alpha value is -1.73. The van der Waals surface area contributed by atoms with E-state index in [9.17, 15) is 31.1 Å². The number of alkyl halides is 6. The number of amides is 1. The Morgan fingerprint density at radius 1 is 1.00 bits per heavy atom. The second kappa shape index (κ2) is 5.81. The highest BCUT2D eigenvalue weighted by atomic mass is 19.4. The molecule has 1 aliphatic heterocycles. The van der Waals surface area contributed by atoms with Gasteiger partial charge in [0.25, 0.3) is 5.91 Å². The topological polar surface area (TPSA) is 20.3 Å². The summed E-state index contributed by atoms with van der Waals surface area (Å²) in [6.45, 7) is -0.0516. The largest absolute Gasteiger partial charge is 0.416 e. The summed E-state index contributed by atoms with van der Waals surface area (Å²) in [7, 11) is 0. The van der Waals surface area contributed by atoms with E-state index in [1.165, 1.54) is 0 Å². The molecule has 8 heteroatoms. The monoisotopic (exact) mass is 325 g/mol. The number of hydrogen-bond donors (Lipinski definition) is 0. The molecule has 1 saturated heterocycles. The number of piperidine rings is 1. The number of carbonyl (C=O) groups is 1. The van der Waals surface area contributed by atoms with Crippen LogP contribution in [0.5, 0.6) is 0 Å². The lowest BCUT2D eigenvalue weighted by atomic mass is 10.00. The number of hydrogen-bond acceptors (Lipinski definition) is 1. The van der Waals surface area contributed by atoms with Gasteiger partial charge in [-0.3, -0.25) is 4.79 Å². The lowest BCUT2D eigenvalue weighted by molar-refractivity contribution is -0.183. The summed E-state index contributed by atoms with van der Waals surface area (Å²) >= 11 is 0. The van der Waals surface area contributed by atoms with Gasteiger partial charge in [0.2, 0.25) is 0 Å². The van der Waals surface area contributed by atoms with E-state index < -0.39 is 29.9 Å². The van der Waals surface area contributed by atoms with Crippen molar-refractivity contribution in [3.05, 3.63) is 35.4 Å². The van der Waals surface area contributed by atoms with Gasteiger partial charge >= 0.3 is 12.4 Å². The quantitative estimate of drug-likeness (QED) is 0.707. The summed E-state index contributed by atoms with van der Waals surface area (Å²) in [5, 5.41) is 0. The van der Waals surface area contributed by atoms with Crippen molar-refractivity contribution in [2.75, 3.05) is 6.54 Å². The van der Waals surface area contributed by atoms with Crippen LogP contribution in [-0.4, -0.2) is 29.6 Å². The van der Waals surface area contributed by atoms with Crippen LogP contribution in [0.4, 0.5) is 26.3 Å². The molecule has 0 N–H and O–H groups in total. The first-order valence-corrected chi connectivity index (χ1v) is 6.65. The Balaban J connectivity index is 2.22. The second-order valence-corrected chi connectivity index (χ2v) is 5.13. The standard InChI is InChI=1S/C14H13F6NO/c15-13(16,17)10-6-4-9(5-7-10)12(22)21-8-2-1-3-11(21)14(18,19)20/h4-7,11H,1-3,8H2/t11-/m0/s1. The molecule has 0 spiro atoms. The van der Waals surface area contributed by atoms with Gasteiger partial charge in [-0.05, 0) is 43.5 Å². The van der Waals surface area contributed by atoms with Gasteiger partial charge in [-0.15, -0.1) is 0 Å². The normalized spacial score (nSPS) is 20.1. The highest BCUT2D eigenvalue weighted by Crippen LogP contribution is 2.33. The highest BCUT2D eigenvalue weighted by molar-refractivity contribution is 5.94. The molecule has 1 aliphatic rings. The van der Waals surface area contributed by atoms with Gasteiger partial charge < -0.3 is 4.90 Å². The average Bonchev–Trinajstić information content (AvgIpc) is 2.45. The predicted molar refractivity (Wildman–Crippen MR) is 66.2 cm³/mol. The average molecular weight is 325 g/mol. The zero-order valence-electron chi connectivity index (χ0n) is 11.3. The molecular weight excluding hydrogens is 312 g/mol. The first kappa shape index (κ1) is 16.6. The van der Waals surface area contributed by atoms with Gasteiger partial charge in [0.1, 0.15) is 6.04 Å². The molecule has 0 radical (unpaired) electrons. The summed E-state index contributed by atoms with van der Waals surface area (Å²) in [6, 6.07) is 1.33. The molecule has 0 aliphatic carbocycles. The van der Waals surface area contributed by atoms with Crippen molar-refractivity contribution in [2.45, 2.75) is 37.7 Å². The molecule has 1 atom stereocenters. The Kier molecular flexibility index (Phi) is 4.39. The van der Waals surface area contributed by atoms with Crippen LogP contribution < -0.4 is 0 Å². The predicted octanol–water partition coefficient (Wildman–Crippen LogP) is 4.26. The molecule has 0 bridgehead atoms. The van der Waals surface area contributed by atoms with Gasteiger partial charge in [-0.1, -0.05) is 0 Å². The lowest BCUT2D eigenvalue weighted by Crippen LogP contribution is -2.51. The zero-order valence-corrected chi connectivity index (χ0v) is 11.3. The first-order chi connectivity index (χ1) is 10.1. The summed E-state index contributed by atoms with van der Waals surface area (Å²) in [5.74, 6) is -0.893. The van der Waals surface area contributed by atoms with E-state index in [1.54, 1.807) is 0 Å². The van der Waals surface area contributed by atoms with Crippen molar-refractivity contribution in [1.29, 1.82) is 0 Å². The third-order valence-electron chi connectivity index (χ3n) is 3.60. The van der Waals surface area contributed by atoms with Crippen LogP contribution >= 0.6 is 0 Å². The maximum atomic E-state index is 12.9. The molecule has 122 valence electrons. The number of carbonyl (C=O) groups excluding carboxylic acids is 1. The minimum Gasteiger partial charge on any atom is -0.327 e. The van der Waals surface area contributed by atoms with Crippen molar-refractivity contribution in [3.8, 4) is 0 Å². The van der Waals surface area contributed by atoms with Crippen LogP contribution in [0.25, 0.3) is 0 Å². The van der Waals surface area contributed by atoms with Crippen molar-refractivity contribution in [2.24, 2.45) is 0 Å². The van der Waals surface area contributed by atoms with Crippen molar-refractivity contribution in [3.63, 3.8) is 0 Å². The molecule has 1 aromatic rings. The number of benzene rings is 1. The van der Waals surface area contributed by atoms with Crippen molar-refractivity contribution >= 4 is 5.91 Å². The van der Waals surface area contributed by atoms with Crippen molar-refractivity contribution < 1.29 is 31.1 Å². The Morgan fingerprint density at radius 3 is 2.09 bits per heavy atom. The maximum Gasteiger partial charge on any atom is 0.416 e. The fourth-order valence-corrected chi connectivity index (χ4v) is 2.48. The molecule has 22 heavy (non-hydrogen) atoms. The van der Waals surface area contributed by atoms with Crippen LogP contribution in [0.2, 0.25) is 0 Å². The molecule has 2 nitrogen and oxygen atoms in total. The third-order valence-corrected chi connectivity index (χ3v) is 3.60. The molecule has 2 rings (SSSR count). The van der Waals surface area contributed by atoms with Crippen LogP contribution in [0.1, 0.15) is 35.2 Å². The van der Waals surface area contributed by atoms with E-state index in [0.717, 1.165) is 12.1 Å². The smallest absolute Gasteiger partial charge is 0.327 e. The Morgan fingerprint density at radius 2 is 1.59 bits per heavy atom. The summed E-state index contributed by atoms with van der Waals surface area (Å²) in [4.78, 5) is 12.9. The summed E-state index contributed by atoms with van der Waals surface area (Å²) in [6.07, 6.45) is -8.47. The van der Waals surface area contributed by atoms with Gasteiger partial charge in [-0.2, -0.15) is 26.3 Å². The first-order valence-electron chi connectivity index (χ1n) is 6.65. The van der Waals surface area contributed by atoms with E-state index in [2.05, 4.69) is 0 Å². The molecule has 1 aromatic carbocycles. The number of halogens is 6. The molecule has 1 amide bonds. The SMILES string of the molecule is O=C(c1ccc(C(F)(F)F)cc1)N1CCCC[C@H]1C(F)(F)F. The molecule has 1 heterocycles. The van der Waals surface area contributed by atoms with Gasteiger partial charge in [0.15, 0.2) is 0 Å². The van der Waals surface area contributed by atoms with Gasteiger partial charge in [0.05, 0.1) is 5.56 Å². The van der Waals surface area contributed by atoms with Crippen LogP contribution in [0.3, 0.4) is 0 Å². The number of likely N-dealkylation sites (tertiary alicyclic amines) is 1. The van der Waals surface area contributed by atoms with E-state index in [1.807, 2.05) is 0 Å². The minimum atomic E-state index is -4.55. The van der Waals surface area contributed by atoms with E-state index in [4.69, 9.17) is 0 Å². The maximum absolute atomic E-state index is 12.9. The number of nitrogens with zero attached hydrogens (tertiary/aromatic N) is 1. The zero-order chi connectivity index (χ0) is 16.5. The summed E-state index contributed by atoms with van der Waals surface area (Å²) < 4.78 is 76.2. The van der Waals surface area contributed by atoms with E-state index in [0.29, 0.717) is 29.9 Å².